The van der Waals surface area contributed by atoms with E-state index in [1.165, 1.54) is 12.3 Å². The summed E-state index contributed by atoms with van der Waals surface area (Å²) in [5.74, 6) is -1.16. The number of sulfonamides is 1. The molecule has 1 amide bonds. The molecule has 4 rings (SSSR count). The van der Waals surface area contributed by atoms with Crippen molar-refractivity contribution < 1.29 is 17.6 Å². The Bertz CT molecular complexity index is 1200. The predicted octanol–water partition coefficient (Wildman–Crippen LogP) is 2.84. The maximum absolute atomic E-state index is 14.4. The largest absolute Gasteiger partial charge is 0.326 e. The molecule has 0 fully saturated rings. The van der Waals surface area contributed by atoms with Crippen LogP contribution in [0.25, 0.3) is 11.0 Å². The zero-order valence-corrected chi connectivity index (χ0v) is 16.0. The summed E-state index contributed by atoms with van der Waals surface area (Å²) < 4.78 is 44.0. The van der Waals surface area contributed by atoms with Crippen molar-refractivity contribution in [1.29, 1.82) is 0 Å². The van der Waals surface area contributed by atoms with Crippen molar-refractivity contribution in [2.45, 2.75) is 37.6 Å². The van der Waals surface area contributed by atoms with Crippen molar-refractivity contribution in [2.24, 2.45) is 0 Å². The van der Waals surface area contributed by atoms with Crippen LogP contribution in [0, 0.1) is 5.82 Å². The second kappa shape index (κ2) is 6.55. The number of fused-ring (bicyclic) bond motifs is 2. The van der Waals surface area contributed by atoms with E-state index in [4.69, 9.17) is 0 Å². The van der Waals surface area contributed by atoms with Gasteiger partial charge in [-0.15, -0.1) is 0 Å². The smallest absolute Gasteiger partial charge is 0.264 e. The van der Waals surface area contributed by atoms with Crippen molar-refractivity contribution in [3.63, 3.8) is 0 Å². The third kappa shape index (κ3) is 3.19. The Labute approximate surface area is 160 Å². The average Bonchev–Trinajstić information content (AvgIpc) is 3.04. The van der Waals surface area contributed by atoms with Crippen molar-refractivity contribution in [2.75, 3.05) is 10.0 Å². The summed E-state index contributed by atoms with van der Waals surface area (Å²) in [4.78, 5) is 15.2. The van der Waals surface area contributed by atoms with Gasteiger partial charge in [0.1, 0.15) is 10.7 Å². The number of nitrogens with zero attached hydrogens (tertiary/aromatic N) is 3. The molecule has 28 heavy (non-hydrogen) atoms. The number of carbonyl (C=O) groups excluding carboxylic acids is 1. The summed E-state index contributed by atoms with van der Waals surface area (Å²) in [6, 6.07) is 4.00. The molecule has 146 valence electrons. The van der Waals surface area contributed by atoms with Gasteiger partial charge in [-0.1, -0.05) is 0 Å². The fourth-order valence-electron chi connectivity index (χ4n) is 3.17. The summed E-state index contributed by atoms with van der Waals surface area (Å²) in [7, 11) is -4.17. The Balaban J connectivity index is 1.68. The monoisotopic (exact) mass is 403 g/mol. The summed E-state index contributed by atoms with van der Waals surface area (Å²) in [6.07, 6.45) is 3.55. The molecule has 0 unspecified atom stereocenters. The van der Waals surface area contributed by atoms with E-state index in [0.717, 1.165) is 6.07 Å². The van der Waals surface area contributed by atoms with E-state index in [2.05, 4.69) is 20.1 Å². The minimum atomic E-state index is -4.17. The van der Waals surface area contributed by atoms with E-state index in [1.807, 2.05) is 13.8 Å². The van der Waals surface area contributed by atoms with Crippen LogP contribution >= 0.6 is 0 Å². The Kier molecular flexibility index (Phi) is 4.30. The van der Waals surface area contributed by atoms with Gasteiger partial charge in [0.15, 0.2) is 5.65 Å². The van der Waals surface area contributed by atoms with Crippen LogP contribution in [0.3, 0.4) is 0 Å². The van der Waals surface area contributed by atoms with Gasteiger partial charge < -0.3 is 5.32 Å². The van der Waals surface area contributed by atoms with E-state index < -0.39 is 20.7 Å². The van der Waals surface area contributed by atoms with E-state index in [1.54, 1.807) is 16.9 Å². The van der Waals surface area contributed by atoms with Crippen LogP contribution in [0.15, 0.2) is 35.5 Å². The number of rotatable bonds is 4. The molecular formula is C18H18FN5O3S. The summed E-state index contributed by atoms with van der Waals surface area (Å²) in [5, 5.41) is 7.46. The molecule has 1 aromatic carbocycles. The molecular weight excluding hydrogens is 385 g/mol. The van der Waals surface area contributed by atoms with Gasteiger partial charge in [-0.25, -0.2) is 22.5 Å². The second-order valence-electron chi connectivity index (χ2n) is 6.91. The zero-order valence-electron chi connectivity index (χ0n) is 15.2. The van der Waals surface area contributed by atoms with Crippen molar-refractivity contribution >= 4 is 38.3 Å². The standard InChI is InChI=1S/C18H18FN5O3S/c1-10(2)24-18-12(8-21-24)5-13(9-20-18)23-28(26,27)16-6-11-3-4-17(25)22-15(11)7-14(16)19/h5-10,23H,3-4H2,1-2H3,(H,22,25). The fourth-order valence-corrected chi connectivity index (χ4v) is 4.31. The summed E-state index contributed by atoms with van der Waals surface area (Å²) in [6.45, 7) is 3.93. The van der Waals surface area contributed by atoms with Crippen LogP contribution < -0.4 is 10.0 Å². The Morgan fingerprint density at radius 3 is 2.75 bits per heavy atom. The number of aromatic nitrogens is 3. The van der Waals surface area contributed by atoms with Crippen molar-refractivity contribution in [1.82, 2.24) is 14.8 Å². The highest BCUT2D eigenvalue weighted by molar-refractivity contribution is 7.92. The van der Waals surface area contributed by atoms with Gasteiger partial charge in [-0.3, -0.25) is 9.52 Å². The molecule has 3 aromatic rings. The van der Waals surface area contributed by atoms with Gasteiger partial charge in [0.05, 0.1) is 18.1 Å². The number of anilines is 2. The minimum absolute atomic E-state index is 0.109. The number of benzene rings is 1. The fraction of sp³-hybridized carbons (Fsp3) is 0.278. The van der Waals surface area contributed by atoms with Crippen molar-refractivity contribution in [3.05, 3.63) is 42.0 Å². The van der Waals surface area contributed by atoms with Gasteiger partial charge in [0, 0.05) is 23.5 Å². The molecule has 0 aliphatic carbocycles. The molecule has 0 radical (unpaired) electrons. The van der Waals surface area contributed by atoms with E-state index >= 15 is 0 Å². The highest BCUT2D eigenvalue weighted by Crippen LogP contribution is 2.29. The number of carbonyl (C=O) groups is 1. The molecule has 2 N–H and O–H groups in total. The topological polar surface area (TPSA) is 106 Å². The van der Waals surface area contributed by atoms with Gasteiger partial charge in [0.25, 0.3) is 10.0 Å². The normalized spacial score (nSPS) is 14.2. The lowest BCUT2D eigenvalue weighted by Crippen LogP contribution is -2.21. The maximum atomic E-state index is 14.4. The number of nitrogens with one attached hydrogen (secondary N) is 2. The minimum Gasteiger partial charge on any atom is -0.326 e. The molecule has 2 aromatic heterocycles. The van der Waals surface area contributed by atoms with Gasteiger partial charge in [-0.2, -0.15) is 5.10 Å². The Morgan fingerprint density at radius 2 is 2.00 bits per heavy atom. The van der Waals surface area contributed by atoms with Gasteiger partial charge in [-0.05, 0) is 44.0 Å². The van der Waals surface area contributed by atoms with Crippen molar-refractivity contribution in [3.8, 4) is 0 Å². The number of hydrogen-bond donors (Lipinski definition) is 2. The van der Waals surface area contributed by atoms with Gasteiger partial charge >= 0.3 is 0 Å². The first-order valence-electron chi connectivity index (χ1n) is 8.73. The molecule has 3 heterocycles. The second-order valence-corrected chi connectivity index (χ2v) is 8.56. The quantitative estimate of drug-likeness (QED) is 0.697. The van der Waals surface area contributed by atoms with Crippen LogP contribution in [0.4, 0.5) is 15.8 Å². The number of amides is 1. The summed E-state index contributed by atoms with van der Waals surface area (Å²) in [5.41, 5.74) is 1.72. The Hall–Kier alpha value is -3.01. The lowest BCUT2D eigenvalue weighted by molar-refractivity contribution is -0.116. The number of aryl methyl sites for hydroxylation is 1. The van der Waals surface area contributed by atoms with E-state index in [9.17, 15) is 17.6 Å². The van der Waals surface area contributed by atoms with E-state index in [-0.39, 0.29) is 24.1 Å². The third-order valence-corrected chi connectivity index (χ3v) is 5.91. The molecule has 1 aliphatic heterocycles. The molecule has 1 aliphatic rings. The molecule has 0 saturated carbocycles. The number of halogens is 1. The SMILES string of the molecule is CC(C)n1ncc2cc(NS(=O)(=O)c3cc4c(cc3F)NC(=O)CC4)cnc21. The Morgan fingerprint density at radius 1 is 1.21 bits per heavy atom. The molecule has 0 spiro atoms. The first-order chi connectivity index (χ1) is 13.2. The first kappa shape index (κ1) is 18.4. The van der Waals surface area contributed by atoms with Gasteiger partial charge in [0.2, 0.25) is 5.91 Å². The molecule has 10 heteroatoms. The van der Waals surface area contributed by atoms with Crippen LogP contribution in [0.2, 0.25) is 0 Å². The van der Waals surface area contributed by atoms with Crippen LogP contribution in [-0.4, -0.2) is 29.1 Å². The highest BCUT2D eigenvalue weighted by atomic mass is 32.2. The number of hydrogen-bond acceptors (Lipinski definition) is 5. The lowest BCUT2D eigenvalue weighted by atomic mass is 10.0. The first-order valence-corrected chi connectivity index (χ1v) is 10.2. The maximum Gasteiger partial charge on any atom is 0.264 e. The third-order valence-electron chi connectivity index (χ3n) is 4.52. The molecule has 0 bridgehead atoms. The van der Waals surface area contributed by atoms with Crippen LogP contribution in [0.5, 0.6) is 0 Å². The molecule has 0 saturated heterocycles. The lowest BCUT2D eigenvalue weighted by Gasteiger charge is -2.18. The highest BCUT2D eigenvalue weighted by Gasteiger charge is 2.25. The molecule has 0 atom stereocenters. The average molecular weight is 403 g/mol. The number of pyridine rings is 1. The zero-order chi connectivity index (χ0) is 20.1. The summed E-state index contributed by atoms with van der Waals surface area (Å²) >= 11 is 0. The molecule has 8 nitrogen and oxygen atoms in total. The van der Waals surface area contributed by atoms with E-state index in [0.29, 0.717) is 28.7 Å². The van der Waals surface area contributed by atoms with Crippen LogP contribution in [0.1, 0.15) is 31.9 Å². The van der Waals surface area contributed by atoms with Crippen LogP contribution in [-0.2, 0) is 21.2 Å². The predicted molar refractivity (Wildman–Crippen MR) is 102 cm³/mol.